The van der Waals surface area contributed by atoms with Crippen molar-refractivity contribution >= 4 is 33.2 Å². The van der Waals surface area contributed by atoms with Crippen LogP contribution in [0.3, 0.4) is 0 Å². The second-order valence-corrected chi connectivity index (χ2v) is 8.73. The molecule has 0 amide bonds. The third kappa shape index (κ3) is 3.66. The van der Waals surface area contributed by atoms with Crippen LogP contribution in [0.4, 0.5) is 5.69 Å². The van der Waals surface area contributed by atoms with Gasteiger partial charge in [0.1, 0.15) is 16.1 Å². The number of nitrogens with zero attached hydrogens (tertiary/aromatic N) is 3. The van der Waals surface area contributed by atoms with Gasteiger partial charge >= 0.3 is 5.97 Å². The number of aromatic nitrogens is 2. The number of benzene rings is 1. The highest BCUT2D eigenvalue weighted by atomic mass is 32.1. The predicted octanol–water partition coefficient (Wildman–Crippen LogP) is 3.90. The Hall–Kier alpha value is -2.91. The number of hydrogen-bond acceptors (Lipinski definition) is 7. The first kappa shape index (κ1) is 20.4. The standard InChI is InChI=1S/C21H22N4O4S/c1-13-9-16(22-11-14-3-2-4-17(10-14)25(28)29)5-7-21(13,20(26)27)19-23-12-15-6-8-30-18(15)24-19/h2-4,6,8,10,12-13,16,22H,5,7,9,11H2,1H3,(H,26,27). The number of carboxylic acid groups (broad SMARTS) is 1. The number of hydrogen-bond donors (Lipinski definition) is 2. The van der Waals surface area contributed by atoms with Crippen LogP contribution in [0.25, 0.3) is 10.2 Å². The molecule has 2 aromatic heterocycles. The summed E-state index contributed by atoms with van der Waals surface area (Å²) < 4.78 is 0. The lowest BCUT2D eigenvalue weighted by Crippen LogP contribution is -2.50. The van der Waals surface area contributed by atoms with Crippen LogP contribution >= 0.6 is 11.3 Å². The van der Waals surface area contributed by atoms with Gasteiger partial charge in [0.15, 0.2) is 0 Å². The van der Waals surface area contributed by atoms with Crippen LogP contribution in [0, 0.1) is 16.0 Å². The molecule has 1 fully saturated rings. The lowest BCUT2D eigenvalue weighted by Gasteiger charge is -2.41. The van der Waals surface area contributed by atoms with Crippen molar-refractivity contribution in [2.75, 3.05) is 0 Å². The highest BCUT2D eigenvalue weighted by Crippen LogP contribution is 2.43. The van der Waals surface area contributed by atoms with Crippen LogP contribution in [0.15, 0.2) is 41.9 Å². The molecule has 4 rings (SSSR count). The van der Waals surface area contributed by atoms with Crippen molar-refractivity contribution in [2.45, 2.75) is 44.2 Å². The summed E-state index contributed by atoms with van der Waals surface area (Å²) in [7, 11) is 0. The molecule has 0 aliphatic heterocycles. The van der Waals surface area contributed by atoms with Gasteiger partial charge in [-0.15, -0.1) is 11.3 Å². The number of non-ortho nitro benzene ring substituents is 1. The number of carboxylic acids is 1. The zero-order valence-corrected chi connectivity index (χ0v) is 17.3. The van der Waals surface area contributed by atoms with E-state index in [9.17, 15) is 20.0 Å². The van der Waals surface area contributed by atoms with Crippen molar-refractivity contribution in [2.24, 2.45) is 5.92 Å². The van der Waals surface area contributed by atoms with Gasteiger partial charge in [0, 0.05) is 36.3 Å². The Morgan fingerprint density at radius 2 is 2.27 bits per heavy atom. The number of nitro benzene ring substituents is 1. The van der Waals surface area contributed by atoms with Gasteiger partial charge in [0.05, 0.1) is 4.92 Å². The molecule has 156 valence electrons. The van der Waals surface area contributed by atoms with Crippen molar-refractivity contribution in [3.8, 4) is 0 Å². The van der Waals surface area contributed by atoms with E-state index in [1.807, 2.05) is 24.4 Å². The number of carbonyl (C=O) groups is 1. The molecule has 0 radical (unpaired) electrons. The number of fused-ring (bicyclic) bond motifs is 1. The van der Waals surface area contributed by atoms with E-state index in [2.05, 4.69) is 15.3 Å². The van der Waals surface area contributed by atoms with Crippen LogP contribution in [-0.4, -0.2) is 32.0 Å². The molecule has 3 unspecified atom stereocenters. The van der Waals surface area contributed by atoms with Gasteiger partial charge in [0.25, 0.3) is 5.69 Å². The monoisotopic (exact) mass is 426 g/mol. The SMILES string of the molecule is CC1CC(NCc2cccc([N+](=O)[O-])c2)CCC1(C(=O)O)c1ncc2ccsc2n1. The zero-order valence-electron chi connectivity index (χ0n) is 16.4. The molecule has 1 aliphatic carbocycles. The van der Waals surface area contributed by atoms with Gasteiger partial charge < -0.3 is 10.4 Å². The predicted molar refractivity (Wildman–Crippen MR) is 113 cm³/mol. The van der Waals surface area contributed by atoms with E-state index >= 15 is 0 Å². The fourth-order valence-corrected chi connectivity index (χ4v) is 5.08. The fourth-order valence-electron chi connectivity index (χ4n) is 4.34. The molecule has 0 saturated heterocycles. The second-order valence-electron chi connectivity index (χ2n) is 7.83. The van der Waals surface area contributed by atoms with Crippen LogP contribution < -0.4 is 5.32 Å². The van der Waals surface area contributed by atoms with Crippen LogP contribution in [0.2, 0.25) is 0 Å². The van der Waals surface area contributed by atoms with Gasteiger partial charge in [-0.2, -0.15) is 0 Å². The Morgan fingerprint density at radius 3 is 3.00 bits per heavy atom. The number of rotatable bonds is 6. The smallest absolute Gasteiger partial charge is 0.317 e. The molecule has 30 heavy (non-hydrogen) atoms. The minimum absolute atomic E-state index is 0.0670. The molecule has 8 nitrogen and oxygen atoms in total. The van der Waals surface area contributed by atoms with Crippen molar-refractivity contribution < 1.29 is 14.8 Å². The highest BCUT2D eigenvalue weighted by Gasteiger charge is 2.51. The Bertz CT molecular complexity index is 1100. The van der Waals surface area contributed by atoms with E-state index in [-0.39, 0.29) is 17.6 Å². The summed E-state index contributed by atoms with van der Waals surface area (Å²) in [5, 5.41) is 27.4. The fraction of sp³-hybridized carbons (Fsp3) is 0.381. The molecular weight excluding hydrogens is 404 g/mol. The minimum atomic E-state index is -1.11. The highest BCUT2D eigenvalue weighted by molar-refractivity contribution is 7.16. The van der Waals surface area contributed by atoms with Crippen molar-refractivity contribution in [3.05, 3.63) is 63.4 Å². The van der Waals surface area contributed by atoms with E-state index in [1.54, 1.807) is 18.3 Å². The van der Waals surface area contributed by atoms with E-state index in [0.717, 1.165) is 15.8 Å². The lowest BCUT2D eigenvalue weighted by atomic mass is 9.65. The van der Waals surface area contributed by atoms with Crippen molar-refractivity contribution in [1.29, 1.82) is 0 Å². The number of nitro groups is 1. The maximum Gasteiger partial charge on any atom is 0.317 e. The van der Waals surface area contributed by atoms with Gasteiger partial charge in [-0.1, -0.05) is 19.1 Å². The molecule has 0 spiro atoms. The molecule has 0 bridgehead atoms. The average Bonchev–Trinajstić information content (AvgIpc) is 3.20. The van der Waals surface area contributed by atoms with Gasteiger partial charge in [-0.3, -0.25) is 14.9 Å². The van der Waals surface area contributed by atoms with E-state index in [0.29, 0.717) is 31.6 Å². The molecule has 1 aromatic carbocycles. The molecule has 2 heterocycles. The summed E-state index contributed by atoms with van der Waals surface area (Å²) in [4.78, 5) is 32.8. The van der Waals surface area contributed by atoms with Crippen LogP contribution in [0.5, 0.6) is 0 Å². The maximum absolute atomic E-state index is 12.4. The normalized spacial score (nSPS) is 24.0. The number of aliphatic carboxylic acids is 1. The summed E-state index contributed by atoms with van der Waals surface area (Å²) >= 11 is 1.48. The molecule has 1 saturated carbocycles. The zero-order chi connectivity index (χ0) is 21.3. The van der Waals surface area contributed by atoms with E-state index < -0.39 is 16.3 Å². The first-order chi connectivity index (χ1) is 14.4. The second kappa shape index (κ2) is 8.08. The van der Waals surface area contributed by atoms with Crippen LogP contribution in [0.1, 0.15) is 37.6 Å². The first-order valence-corrected chi connectivity index (χ1v) is 10.7. The number of nitrogens with one attached hydrogen (secondary N) is 1. The number of thiophene rings is 1. The Labute approximate surface area is 177 Å². The Morgan fingerprint density at radius 1 is 1.43 bits per heavy atom. The van der Waals surface area contributed by atoms with E-state index in [1.165, 1.54) is 17.4 Å². The lowest BCUT2D eigenvalue weighted by molar-refractivity contribution is -0.384. The Kier molecular flexibility index (Phi) is 5.48. The summed E-state index contributed by atoms with van der Waals surface area (Å²) in [6.07, 6.45) is 3.47. The quantitative estimate of drug-likeness (QED) is 0.453. The summed E-state index contributed by atoms with van der Waals surface area (Å²) in [5.41, 5.74) is -0.210. The largest absolute Gasteiger partial charge is 0.480 e. The molecule has 9 heteroatoms. The van der Waals surface area contributed by atoms with Gasteiger partial charge in [0.2, 0.25) is 0 Å². The van der Waals surface area contributed by atoms with Crippen molar-refractivity contribution in [1.82, 2.24) is 15.3 Å². The van der Waals surface area contributed by atoms with E-state index in [4.69, 9.17) is 0 Å². The molecule has 3 atom stereocenters. The molecular formula is C21H22N4O4S. The van der Waals surface area contributed by atoms with Crippen LogP contribution in [-0.2, 0) is 16.8 Å². The van der Waals surface area contributed by atoms with Gasteiger partial charge in [-0.05, 0) is 42.2 Å². The third-order valence-electron chi connectivity index (χ3n) is 6.07. The first-order valence-electron chi connectivity index (χ1n) is 9.81. The maximum atomic E-state index is 12.4. The summed E-state index contributed by atoms with van der Waals surface area (Å²) in [5.74, 6) is -0.665. The molecule has 3 aromatic rings. The molecule has 2 N–H and O–H groups in total. The Balaban J connectivity index is 1.49. The average molecular weight is 426 g/mol. The minimum Gasteiger partial charge on any atom is -0.480 e. The summed E-state index contributed by atoms with van der Waals surface area (Å²) in [6.45, 7) is 2.44. The summed E-state index contributed by atoms with van der Waals surface area (Å²) in [6, 6.07) is 8.60. The third-order valence-corrected chi connectivity index (χ3v) is 6.89. The molecule has 1 aliphatic rings. The van der Waals surface area contributed by atoms with Gasteiger partial charge in [-0.25, -0.2) is 9.97 Å². The van der Waals surface area contributed by atoms with Crippen molar-refractivity contribution in [3.63, 3.8) is 0 Å². The topological polar surface area (TPSA) is 118 Å².